The van der Waals surface area contributed by atoms with Gasteiger partial charge in [0.2, 0.25) is 0 Å². The van der Waals surface area contributed by atoms with Gasteiger partial charge in [-0.2, -0.15) is 0 Å². The molecule has 4 heterocycles. The first kappa shape index (κ1) is 24.5. The number of rotatable bonds is 1. The van der Waals surface area contributed by atoms with Crippen molar-refractivity contribution < 1.29 is 23.9 Å². The third-order valence-corrected chi connectivity index (χ3v) is 12.9. The fourth-order valence-electron chi connectivity index (χ4n) is 11.6. The Hall–Kier alpha value is -1.53. The first-order valence-corrected chi connectivity index (χ1v) is 14.8. The van der Waals surface area contributed by atoms with Gasteiger partial charge in [0.15, 0.2) is 11.5 Å². The van der Waals surface area contributed by atoms with Crippen molar-refractivity contribution in [2.75, 3.05) is 6.54 Å². The highest BCUT2D eigenvalue weighted by Gasteiger charge is 2.82. The van der Waals surface area contributed by atoms with Crippen LogP contribution >= 0.6 is 0 Å². The zero-order chi connectivity index (χ0) is 26.3. The first-order valence-electron chi connectivity index (χ1n) is 14.8. The predicted octanol–water partition coefficient (Wildman–Crippen LogP) is 5.05. The number of ether oxygens (including phenoxy) is 2. The zero-order valence-electron chi connectivity index (χ0n) is 23.4. The van der Waals surface area contributed by atoms with Crippen molar-refractivity contribution in [3.8, 4) is 0 Å². The lowest BCUT2D eigenvalue weighted by atomic mass is 9.33. The van der Waals surface area contributed by atoms with E-state index in [1.807, 2.05) is 0 Å². The number of hydrogen-bond acceptors (Lipinski definition) is 6. The molecule has 0 N–H and O–H groups in total. The largest absolute Gasteiger partial charge is 0.443 e. The van der Waals surface area contributed by atoms with Gasteiger partial charge in [0.25, 0.3) is 0 Å². The van der Waals surface area contributed by atoms with Crippen LogP contribution in [0.5, 0.6) is 0 Å². The van der Waals surface area contributed by atoms with Gasteiger partial charge in [0.1, 0.15) is 11.5 Å². The highest BCUT2D eigenvalue weighted by atomic mass is 16.6. The number of carbonyl (C=O) groups is 3. The molecule has 0 radical (unpaired) electrons. The Morgan fingerprint density at radius 1 is 1.14 bits per heavy atom. The van der Waals surface area contributed by atoms with E-state index in [0.29, 0.717) is 18.8 Å². The van der Waals surface area contributed by atoms with Crippen LogP contribution in [-0.2, 0) is 23.9 Å². The maximum absolute atomic E-state index is 14.6. The van der Waals surface area contributed by atoms with Gasteiger partial charge in [-0.1, -0.05) is 40.2 Å². The lowest BCUT2D eigenvalue weighted by molar-refractivity contribution is -0.380. The normalized spacial score (nSPS) is 56.5. The summed E-state index contributed by atoms with van der Waals surface area (Å²) in [5.74, 6) is 0.0301. The highest BCUT2D eigenvalue weighted by molar-refractivity contribution is 6.00. The number of ketones is 2. The molecule has 0 aromatic heterocycles. The van der Waals surface area contributed by atoms with E-state index in [1.54, 1.807) is 6.08 Å². The number of fused-ring (bicyclic) bond motifs is 5. The third kappa shape index (κ3) is 2.63. The molecule has 6 heteroatoms. The van der Waals surface area contributed by atoms with E-state index < -0.39 is 22.3 Å². The van der Waals surface area contributed by atoms with Gasteiger partial charge < -0.3 is 9.47 Å². The van der Waals surface area contributed by atoms with Gasteiger partial charge in [-0.25, -0.2) is 4.90 Å². The third-order valence-electron chi connectivity index (χ3n) is 12.9. The van der Waals surface area contributed by atoms with Crippen LogP contribution in [0.4, 0.5) is 0 Å². The summed E-state index contributed by atoms with van der Waals surface area (Å²) in [7, 11) is 0. The molecule has 6 fully saturated rings. The smallest absolute Gasteiger partial charge is 0.308 e. The number of hydrogen-bond donors (Lipinski definition) is 0. The minimum atomic E-state index is -0.818. The summed E-state index contributed by atoms with van der Waals surface area (Å²) >= 11 is 0. The van der Waals surface area contributed by atoms with Gasteiger partial charge in [-0.05, 0) is 74.2 Å². The minimum Gasteiger partial charge on any atom is -0.443 e. The van der Waals surface area contributed by atoms with Crippen molar-refractivity contribution in [3.05, 3.63) is 11.6 Å². The van der Waals surface area contributed by atoms with Crippen LogP contribution in [-0.4, -0.2) is 46.5 Å². The zero-order valence-corrected chi connectivity index (χ0v) is 23.4. The van der Waals surface area contributed by atoms with E-state index in [0.717, 1.165) is 44.2 Å². The summed E-state index contributed by atoms with van der Waals surface area (Å²) in [5, 5.41) is 0. The quantitative estimate of drug-likeness (QED) is 0.461. The van der Waals surface area contributed by atoms with Crippen LogP contribution in [0.1, 0.15) is 92.9 Å². The van der Waals surface area contributed by atoms with E-state index in [-0.39, 0.29) is 59.1 Å². The van der Waals surface area contributed by atoms with Crippen molar-refractivity contribution in [2.24, 2.45) is 45.8 Å². The first-order chi connectivity index (χ1) is 17.3. The van der Waals surface area contributed by atoms with E-state index in [1.165, 1.54) is 0 Å². The molecule has 6 nitrogen and oxygen atoms in total. The second-order valence-electron chi connectivity index (χ2n) is 14.8. The number of esters is 1. The molecular formula is C31H43NO5. The van der Waals surface area contributed by atoms with Gasteiger partial charge in [0, 0.05) is 36.1 Å². The van der Waals surface area contributed by atoms with E-state index in [4.69, 9.17) is 9.47 Å². The molecule has 0 unspecified atom stereocenters. The lowest BCUT2D eigenvalue weighted by Gasteiger charge is -2.76. The fraction of sp³-hybridized carbons (Fsp3) is 0.839. The molecule has 4 aliphatic heterocycles. The molecule has 1 spiro atoms. The number of nitrogens with zero attached hydrogens (tertiary/aromatic N) is 1. The highest BCUT2D eigenvalue weighted by Crippen LogP contribution is 2.78. The molecule has 7 rings (SSSR count). The Kier molecular flexibility index (Phi) is 4.74. The van der Waals surface area contributed by atoms with E-state index >= 15 is 0 Å². The molecule has 0 aromatic carbocycles. The van der Waals surface area contributed by atoms with Crippen molar-refractivity contribution in [3.63, 3.8) is 0 Å². The van der Waals surface area contributed by atoms with E-state index in [9.17, 15) is 14.4 Å². The van der Waals surface area contributed by atoms with Gasteiger partial charge in [-0.3, -0.25) is 14.4 Å². The average Bonchev–Trinajstić information content (AvgIpc) is 3.07. The molecule has 37 heavy (non-hydrogen) atoms. The molecule has 4 saturated heterocycles. The summed E-state index contributed by atoms with van der Waals surface area (Å²) < 4.78 is 13.5. The summed E-state index contributed by atoms with van der Waals surface area (Å²) in [6.07, 6.45) is 8.15. The van der Waals surface area contributed by atoms with Crippen LogP contribution in [0.2, 0.25) is 0 Å². The molecule has 0 amide bonds. The van der Waals surface area contributed by atoms with Crippen LogP contribution in [0, 0.1) is 45.8 Å². The molecular weight excluding hydrogens is 466 g/mol. The molecule has 2 saturated carbocycles. The fourth-order valence-corrected chi connectivity index (χ4v) is 11.6. The molecule has 0 aromatic rings. The SMILES string of the molecule is CC[C@H]1C(=O)[C@H]2[C@@](C)(C[C@@]34OC(=O)C[C@]2(C)[C@]3(C)CC[C@]23C[C@@H](C)C[C@H](CN24)O3)[C@@H]2CC(C)=CC(=O)[C@H]21. The summed E-state index contributed by atoms with van der Waals surface area (Å²) in [6, 6.07) is 0. The molecule has 4 bridgehead atoms. The molecule has 202 valence electrons. The standard InChI is InChI=1S/C31H43NO5/c1-7-20-24-21(11-17(2)12-22(24)33)27(4)16-31-29(6,28(5,14-23(34)37-31)26(27)25(20)35)8-9-30-13-18(3)10-19(36-30)15-32(30)31/h12,18-21,24,26H,7-11,13-16H2,1-6H3/t18-,19+,20+,21+,24-,26-,27-,28-,29-,30-,31+/m0/s1. The summed E-state index contributed by atoms with van der Waals surface area (Å²) in [6.45, 7) is 14.0. The van der Waals surface area contributed by atoms with Crippen molar-refractivity contribution in [1.29, 1.82) is 0 Å². The van der Waals surface area contributed by atoms with Crippen molar-refractivity contribution >= 4 is 17.5 Å². The number of Topliss-reactive ketones (excluding diaryl/α,β-unsaturated/α-hetero) is 1. The Bertz CT molecular complexity index is 1150. The van der Waals surface area contributed by atoms with Crippen LogP contribution in [0.25, 0.3) is 0 Å². The van der Waals surface area contributed by atoms with Crippen LogP contribution < -0.4 is 0 Å². The maximum atomic E-state index is 14.6. The minimum absolute atomic E-state index is 0.0786. The Balaban J connectivity index is 1.46. The second kappa shape index (κ2) is 7.15. The predicted molar refractivity (Wildman–Crippen MR) is 137 cm³/mol. The number of carbonyl (C=O) groups excluding carboxylic acids is 3. The average molecular weight is 510 g/mol. The Morgan fingerprint density at radius 2 is 1.89 bits per heavy atom. The Labute approximate surface area is 220 Å². The van der Waals surface area contributed by atoms with Crippen molar-refractivity contribution in [1.82, 2.24) is 4.90 Å². The number of piperidine rings is 1. The lowest BCUT2D eigenvalue weighted by Crippen LogP contribution is -2.83. The van der Waals surface area contributed by atoms with Crippen molar-refractivity contribution in [2.45, 2.75) is 110 Å². The van der Waals surface area contributed by atoms with Gasteiger partial charge in [-0.15, -0.1) is 0 Å². The Morgan fingerprint density at radius 3 is 2.62 bits per heavy atom. The van der Waals surface area contributed by atoms with Gasteiger partial charge in [0.05, 0.1) is 12.5 Å². The van der Waals surface area contributed by atoms with E-state index in [2.05, 4.69) is 46.4 Å². The molecule has 3 aliphatic carbocycles. The van der Waals surface area contributed by atoms with Crippen LogP contribution in [0.15, 0.2) is 11.6 Å². The second-order valence-corrected chi connectivity index (χ2v) is 14.8. The topological polar surface area (TPSA) is 72.9 Å². The van der Waals surface area contributed by atoms with Gasteiger partial charge >= 0.3 is 5.97 Å². The molecule has 11 atom stereocenters. The summed E-state index contributed by atoms with van der Waals surface area (Å²) in [5.41, 5.74) is -1.44. The van der Waals surface area contributed by atoms with Crippen LogP contribution in [0.3, 0.4) is 0 Å². The monoisotopic (exact) mass is 509 g/mol. The number of allylic oxidation sites excluding steroid dienone is 2. The molecule has 7 aliphatic rings. The maximum Gasteiger partial charge on any atom is 0.308 e. The summed E-state index contributed by atoms with van der Waals surface area (Å²) in [4.78, 5) is 44.2.